The number of nitrogens with zero attached hydrogens (tertiary/aromatic N) is 3. The molecule has 1 spiro atoms. The number of hydrogen-bond donors (Lipinski definition) is 1. The van der Waals surface area contributed by atoms with Gasteiger partial charge in [-0.1, -0.05) is 30.5 Å². The lowest BCUT2D eigenvalue weighted by molar-refractivity contribution is -0.133. The summed E-state index contributed by atoms with van der Waals surface area (Å²) in [5, 5.41) is 2.82. The van der Waals surface area contributed by atoms with Gasteiger partial charge in [0.05, 0.1) is 4.90 Å². The molecule has 4 amide bonds. The number of urea groups is 1. The quantitative estimate of drug-likeness (QED) is 0.667. The van der Waals surface area contributed by atoms with Gasteiger partial charge in [-0.25, -0.2) is 13.2 Å². The molecule has 3 fully saturated rings. The van der Waals surface area contributed by atoms with Gasteiger partial charge in [-0.2, -0.15) is 4.31 Å². The number of nitrogens with one attached hydrogen (secondary N) is 1. The highest BCUT2D eigenvalue weighted by atomic mass is 32.2. The number of hydrogen-bond acceptors (Lipinski definition) is 5. The summed E-state index contributed by atoms with van der Waals surface area (Å²) in [4.78, 5) is 40.9. The minimum Gasteiger partial charge on any atom is -0.341 e. The number of carbonyl (C=O) groups is 3. The van der Waals surface area contributed by atoms with E-state index in [0.29, 0.717) is 32.4 Å². The Bertz CT molecular complexity index is 1000. The molecule has 0 radical (unpaired) electrons. The average Bonchev–Trinajstić information content (AvgIpc) is 3.20. The number of benzene rings is 1. The lowest BCUT2D eigenvalue weighted by Gasteiger charge is -2.23. The second kappa shape index (κ2) is 8.82. The molecule has 1 aromatic rings. The van der Waals surface area contributed by atoms with Crippen molar-refractivity contribution in [2.45, 2.75) is 55.9 Å². The molecular weight excluding hydrogens is 432 g/mol. The van der Waals surface area contributed by atoms with E-state index in [1.165, 1.54) is 4.31 Å². The van der Waals surface area contributed by atoms with Gasteiger partial charge in [-0.3, -0.25) is 14.5 Å². The number of amides is 4. The topological polar surface area (TPSA) is 107 Å². The third kappa shape index (κ3) is 4.25. The first-order valence-electron chi connectivity index (χ1n) is 11.2. The molecule has 0 unspecified atom stereocenters. The molecule has 9 nitrogen and oxygen atoms in total. The number of rotatable bonds is 5. The summed E-state index contributed by atoms with van der Waals surface area (Å²) in [6.45, 7) is 3.24. The highest BCUT2D eigenvalue weighted by Crippen LogP contribution is 2.35. The van der Waals surface area contributed by atoms with Crippen molar-refractivity contribution < 1.29 is 22.8 Å². The van der Waals surface area contributed by atoms with Gasteiger partial charge < -0.3 is 10.2 Å². The highest BCUT2D eigenvalue weighted by molar-refractivity contribution is 7.89. The summed E-state index contributed by atoms with van der Waals surface area (Å²) < 4.78 is 27.3. The van der Waals surface area contributed by atoms with Crippen molar-refractivity contribution in [1.82, 2.24) is 19.4 Å². The first kappa shape index (κ1) is 22.7. The van der Waals surface area contributed by atoms with Crippen LogP contribution in [0.3, 0.4) is 0 Å². The summed E-state index contributed by atoms with van der Waals surface area (Å²) in [6, 6.07) is 6.33. The van der Waals surface area contributed by atoms with Crippen LogP contribution in [0, 0.1) is 6.92 Å². The fourth-order valence-corrected chi connectivity index (χ4v) is 6.27. The third-order valence-corrected chi connectivity index (χ3v) is 8.63. The minimum atomic E-state index is -3.61. The Labute approximate surface area is 188 Å². The van der Waals surface area contributed by atoms with Crippen molar-refractivity contribution in [3.05, 3.63) is 29.8 Å². The van der Waals surface area contributed by atoms with Crippen LogP contribution in [-0.2, 0) is 19.6 Å². The maximum atomic E-state index is 13.0. The van der Waals surface area contributed by atoms with Crippen molar-refractivity contribution in [2.75, 3.05) is 32.7 Å². The van der Waals surface area contributed by atoms with E-state index in [1.54, 1.807) is 29.2 Å². The lowest BCUT2D eigenvalue weighted by atomic mass is 9.98. The molecular formula is C22H30N4O5S. The van der Waals surface area contributed by atoms with Crippen molar-refractivity contribution in [3.8, 4) is 0 Å². The molecule has 0 bridgehead atoms. The maximum absolute atomic E-state index is 13.0. The Morgan fingerprint density at radius 1 is 1.00 bits per heavy atom. The van der Waals surface area contributed by atoms with Crippen LogP contribution in [-0.4, -0.2) is 78.6 Å². The summed E-state index contributed by atoms with van der Waals surface area (Å²) in [6.07, 6.45) is 3.70. The van der Waals surface area contributed by atoms with E-state index in [0.717, 1.165) is 23.3 Å². The van der Waals surface area contributed by atoms with Gasteiger partial charge in [0.25, 0.3) is 5.91 Å². The molecule has 2 aliphatic heterocycles. The van der Waals surface area contributed by atoms with Crippen LogP contribution >= 0.6 is 0 Å². The summed E-state index contributed by atoms with van der Waals surface area (Å²) in [5.41, 5.74) is 0.216. The van der Waals surface area contributed by atoms with E-state index in [-0.39, 0.29) is 42.8 Å². The van der Waals surface area contributed by atoms with E-state index >= 15 is 0 Å². The second-order valence-electron chi connectivity index (χ2n) is 8.88. The summed E-state index contributed by atoms with van der Waals surface area (Å²) in [5.74, 6) is -0.397. The van der Waals surface area contributed by atoms with Crippen LogP contribution in [0.4, 0.5) is 4.79 Å². The number of carbonyl (C=O) groups excluding carboxylic acids is 3. The largest absolute Gasteiger partial charge is 0.341 e. The Morgan fingerprint density at radius 2 is 1.69 bits per heavy atom. The summed E-state index contributed by atoms with van der Waals surface area (Å²) in [7, 11) is -3.61. The smallest absolute Gasteiger partial charge is 0.325 e. The van der Waals surface area contributed by atoms with Crippen LogP contribution < -0.4 is 5.32 Å². The molecule has 1 saturated carbocycles. The molecule has 10 heteroatoms. The maximum Gasteiger partial charge on any atom is 0.325 e. The van der Waals surface area contributed by atoms with Crippen molar-refractivity contribution >= 4 is 27.9 Å². The Kier molecular flexibility index (Phi) is 6.26. The van der Waals surface area contributed by atoms with Crippen LogP contribution in [0.2, 0.25) is 0 Å². The predicted octanol–water partition coefficient (Wildman–Crippen LogP) is 1.47. The molecule has 2 heterocycles. The van der Waals surface area contributed by atoms with Crippen LogP contribution in [0.1, 0.15) is 44.1 Å². The van der Waals surface area contributed by atoms with Gasteiger partial charge in [-0.05, 0) is 38.3 Å². The zero-order valence-corrected chi connectivity index (χ0v) is 19.2. The molecule has 1 aliphatic carbocycles. The number of aryl methyl sites for hydroxylation is 1. The first-order valence-corrected chi connectivity index (χ1v) is 12.7. The first-order chi connectivity index (χ1) is 15.2. The Morgan fingerprint density at radius 3 is 2.38 bits per heavy atom. The van der Waals surface area contributed by atoms with E-state index in [4.69, 9.17) is 0 Å². The van der Waals surface area contributed by atoms with Gasteiger partial charge in [-0.15, -0.1) is 0 Å². The van der Waals surface area contributed by atoms with Crippen LogP contribution in [0.25, 0.3) is 0 Å². The fraction of sp³-hybridized carbons (Fsp3) is 0.591. The van der Waals surface area contributed by atoms with Gasteiger partial charge in [0.15, 0.2) is 0 Å². The average molecular weight is 463 g/mol. The van der Waals surface area contributed by atoms with Gasteiger partial charge in [0.1, 0.15) is 5.54 Å². The van der Waals surface area contributed by atoms with Crippen molar-refractivity contribution in [2.24, 2.45) is 0 Å². The van der Waals surface area contributed by atoms with E-state index in [9.17, 15) is 22.8 Å². The van der Waals surface area contributed by atoms with Crippen molar-refractivity contribution in [1.29, 1.82) is 0 Å². The minimum absolute atomic E-state index is 0.0416. The third-order valence-electron chi connectivity index (χ3n) is 6.72. The zero-order chi connectivity index (χ0) is 22.9. The SMILES string of the molecule is Cc1ccc(S(=O)(=O)N2CCCN(C(=O)CCN3C(=O)NC4(CCCC4)C3=O)CC2)cc1. The predicted molar refractivity (Wildman–Crippen MR) is 117 cm³/mol. The Balaban J connectivity index is 1.33. The second-order valence-corrected chi connectivity index (χ2v) is 10.8. The number of sulfonamides is 1. The normalized spacial score (nSPS) is 21.8. The Hall–Kier alpha value is -2.46. The molecule has 174 valence electrons. The lowest BCUT2D eigenvalue weighted by Crippen LogP contribution is -2.44. The van der Waals surface area contributed by atoms with Gasteiger partial charge >= 0.3 is 6.03 Å². The molecule has 4 rings (SSSR count). The highest BCUT2D eigenvalue weighted by Gasteiger charge is 2.52. The van der Waals surface area contributed by atoms with E-state index in [2.05, 4.69) is 5.32 Å². The van der Waals surface area contributed by atoms with Crippen LogP contribution in [0.15, 0.2) is 29.2 Å². The van der Waals surface area contributed by atoms with Gasteiger partial charge in [0.2, 0.25) is 15.9 Å². The molecule has 1 aromatic carbocycles. The van der Waals surface area contributed by atoms with Crippen molar-refractivity contribution in [3.63, 3.8) is 0 Å². The molecule has 2 saturated heterocycles. The molecule has 1 N–H and O–H groups in total. The number of imide groups is 1. The summed E-state index contributed by atoms with van der Waals surface area (Å²) >= 11 is 0. The zero-order valence-electron chi connectivity index (χ0n) is 18.4. The monoisotopic (exact) mass is 462 g/mol. The van der Waals surface area contributed by atoms with E-state index < -0.39 is 21.6 Å². The van der Waals surface area contributed by atoms with Crippen LogP contribution in [0.5, 0.6) is 0 Å². The molecule has 3 aliphatic rings. The molecule has 0 atom stereocenters. The standard InChI is InChI=1S/C22H30N4O5S/c1-17-5-7-18(8-6-17)32(30,31)25-13-4-12-24(15-16-25)19(27)9-14-26-20(28)22(23-21(26)29)10-2-3-11-22/h5-8H,2-4,9-16H2,1H3,(H,23,29). The molecule has 0 aromatic heterocycles. The molecule has 32 heavy (non-hydrogen) atoms. The van der Waals surface area contributed by atoms with Gasteiger partial charge in [0, 0.05) is 39.1 Å². The van der Waals surface area contributed by atoms with E-state index in [1.807, 2.05) is 6.92 Å². The fourth-order valence-electron chi connectivity index (χ4n) is 4.81.